The molecule has 3 rings (SSSR count). The van der Waals surface area contributed by atoms with E-state index in [1.54, 1.807) is 12.1 Å². The van der Waals surface area contributed by atoms with Gasteiger partial charge in [-0.25, -0.2) is 8.42 Å². The van der Waals surface area contributed by atoms with Crippen LogP contribution in [0.15, 0.2) is 35.2 Å². The number of carbonyl (C=O) groups excluding carboxylic acids is 1. The van der Waals surface area contributed by atoms with Crippen molar-refractivity contribution in [3.8, 4) is 17.2 Å². The van der Waals surface area contributed by atoms with Crippen LogP contribution in [0, 0.1) is 0 Å². The number of halogens is 1. The Bertz CT molecular complexity index is 977. The minimum atomic E-state index is -4.06. The number of methoxy groups -OCH3 is 2. The summed E-state index contributed by atoms with van der Waals surface area (Å²) in [4.78, 5) is 11.2. The third-order valence-corrected chi connectivity index (χ3v) is 5.44. The second-order valence-electron chi connectivity index (χ2n) is 5.29. The number of ether oxygens (including phenoxy) is 3. The molecule has 1 amide bonds. The molecule has 1 heterocycles. The van der Waals surface area contributed by atoms with Crippen molar-refractivity contribution < 1.29 is 27.4 Å². The van der Waals surface area contributed by atoms with Gasteiger partial charge in [0.15, 0.2) is 6.61 Å². The van der Waals surface area contributed by atoms with Gasteiger partial charge in [0, 0.05) is 12.1 Å². The Morgan fingerprint density at radius 2 is 1.96 bits per heavy atom. The largest absolute Gasteiger partial charge is 0.497 e. The van der Waals surface area contributed by atoms with Crippen LogP contribution >= 0.6 is 11.6 Å². The van der Waals surface area contributed by atoms with E-state index in [9.17, 15) is 13.2 Å². The summed E-state index contributed by atoms with van der Waals surface area (Å²) in [6, 6.07) is 7.28. The Morgan fingerprint density at radius 1 is 1.19 bits per heavy atom. The molecule has 138 valence electrons. The first-order valence-electron chi connectivity index (χ1n) is 7.35. The molecule has 1 aliphatic heterocycles. The fourth-order valence-corrected chi connectivity index (χ4v) is 3.99. The van der Waals surface area contributed by atoms with E-state index >= 15 is 0 Å². The fraction of sp³-hybridized carbons (Fsp3) is 0.188. The zero-order valence-corrected chi connectivity index (χ0v) is 15.4. The average Bonchev–Trinajstić information content (AvgIpc) is 2.60. The average molecular weight is 399 g/mol. The summed E-state index contributed by atoms with van der Waals surface area (Å²) in [5, 5.41) is 2.50. The monoisotopic (exact) mass is 398 g/mol. The molecule has 2 N–H and O–H groups in total. The maximum atomic E-state index is 12.8. The van der Waals surface area contributed by atoms with Crippen LogP contribution in [0.5, 0.6) is 17.2 Å². The summed E-state index contributed by atoms with van der Waals surface area (Å²) < 4.78 is 43.6. The van der Waals surface area contributed by atoms with Crippen LogP contribution in [-0.4, -0.2) is 35.2 Å². The Morgan fingerprint density at radius 3 is 2.65 bits per heavy atom. The maximum Gasteiger partial charge on any atom is 0.263 e. The summed E-state index contributed by atoms with van der Waals surface area (Å²) >= 11 is 6.11. The van der Waals surface area contributed by atoms with E-state index in [0.717, 1.165) is 0 Å². The van der Waals surface area contributed by atoms with E-state index < -0.39 is 10.0 Å². The van der Waals surface area contributed by atoms with Crippen LogP contribution < -0.4 is 24.2 Å². The molecule has 10 heteroatoms. The lowest BCUT2D eigenvalue weighted by atomic mass is 10.2. The van der Waals surface area contributed by atoms with Gasteiger partial charge in [0.25, 0.3) is 15.9 Å². The molecular formula is C16H15ClN2O6S. The van der Waals surface area contributed by atoms with Crippen molar-refractivity contribution in [3.63, 3.8) is 0 Å². The van der Waals surface area contributed by atoms with Crippen molar-refractivity contribution >= 4 is 38.9 Å². The first-order valence-corrected chi connectivity index (χ1v) is 9.21. The van der Waals surface area contributed by atoms with Crippen LogP contribution in [0.3, 0.4) is 0 Å². The van der Waals surface area contributed by atoms with Gasteiger partial charge in [-0.05, 0) is 18.2 Å². The minimum absolute atomic E-state index is 0.0658. The van der Waals surface area contributed by atoms with Gasteiger partial charge in [-0.2, -0.15) is 0 Å². The van der Waals surface area contributed by atoms with Gasteiger partial charge in [0.1, 0.15) is 22.1 Å². The molecule has 0 saturated heterocycles. The molecule has 0 saturated carbocycles. The molecule has 0 spiro atoms. The number of amides is 1. The Labute approximate surface area is 155 Å². The van der Waals surface area contributed by atoms with Crippen LogP contribution in [0.25, 0.3) is 0 Å². The van der Waals surface area contributed by atoms with Crippen molar-refractivity contribution in [2.45, 2.75) is 4.90 Å². The highest BCUT2D eigenvalue weighted by atomic mass is 35.5. The molecule has 2 aromatic rings. The number of rotatable bonds is 5. The summed E-state index contributed by atoms with van der Waals surface area (Å²) in [5.74, 6) is 0.633. The van der Waals surface area contributed by atoms with Gasteiger partial charge in [0.2, 0.25) is 0 Å². The minimum Gasteiger partial charge on any atom is -0.497 e. The quantitative estimate of drug-likeness (QED) is 0.802. The maximum absolute atomic E-state index is 12.8. The lowest BCUT2D eigenvalue weighted by molar-refractivity contribution is -0.118. The van der Waals surface area contributed by atoms with E-state index in [-0.39, 0.29) is 33.9 Å². The van der Waals surface area contributed by atoms with Gasteiger partial charge in [0.05, 0.1) is 30.6 Å². The van der Waals surface area contributed by atoms with Gasteiger partial charge >= 0.3 is 0 Å². The number of sulfonamides is 1. The standard InChI is InChI=1S/C16H15ClN2O6S/c1-23-9-3-4-13(24-2)12(5-9)19-26(21,22)15-7-14-11(6-10(15)17)18-16(20)8-25-14/h3-7,19H,8H2,1-2H3,(H,18,20). The summed E-state index contributed by atoms with van der Waals surface area (Å²) in [7, 11) is -1.18. The molecule has 0 unspecified atom stereocenters. The molecular weight excluding hydrogens is 384 g/mol. The zero-order chi connectivity index (χ0) is 18.9. The molecule has 0 radical (unpaired) electrons. The number of anilines is 2. The molecule has 0 aliphatic carbocycles. The SMILES string of the molecule is COc1ccc(OC)c(NS(=O)(=O)c2cc3c(cc2Cl)NC(=O)CO3)c1. The van der Waals surface area contributed by atoms with Crippen LogP contribution in [0.1, 0.15) is 0 Å². The van der Waals surface area contributed by atoms with Crippen molar-refractivity contribution in [2.75, 3.05) is 30.9 Å². The number of benzene rings is 2. The van der Waals surface area contributed by atoms with Gasteiger partial charge in [-0.1, -0.05) is 11.6 Å². The van der Waals surface area contributed by atoms with E-state index in [1.165, 1.54) is 32.4 Å². The second kappa shape index (κ2) is 6.93. The fourth-order valence-electron chi connectivity index (χ4n) is 2.38. The van der Waals surface area contributed by atoms with Gasteiger partial charge < -0.3 is 19.5 Å². The predicted octanol–water partition coefficient (Wildman–Crippen LogP) is 2.49. The Hall–Kier alpha value is -2.65. The molecule has 8 nitrogen and oxygen atoms in total. The zero-order valence-electron chi connectivity index (χ0n) is 13.8. The summed E-state index contributed by atoms with van der Waals surface area (Å²) in [6.45, 7) is -0.203. The van der Waals surface area contributed by atoms with Crippen molar-refractivity contribution in [1.29, 1.82) is 0 Å². The van der Waals surface area contributed by atoms with Gasteiger partial charge in [-0.15, -0.1) is 0 Å². The number of carbonyl (C=O) groups is 1. The van der Waals surface area contributed by atoms with Crippen molar-refractivity contribution in [1.82, 2.24) is 0 Å². The van der Waals surface area contributed by atoms with Crippen molar-refractivity contribution in [2.24, 2.45) is 0 Å². The number of hydrogen-bond acceptors (Lipinski definition) is 6. The molecule has 0 aromatic heterocycles. The van der Waals surface area contributed by atoms with E-state index in [1.807, 2.05) is 0 Å². The highest BCUT2D eigenvalue weighted by molar-refractivity contribution is 7.92. The topological polar surface area (TPSA) is 103 Å². The Kier molecular flexibility index (Phi) is 4.84. The number of nitrogens with one attached hydrogen (secondary N) is 2. The number of fused-ring (bicyclic) bond motifs is 1. The van der Waals surface area contributed by atoms with Crippen molar-refractivity contribution in [3.05, 3.63) is 35.4 Å². The summed E-state index contributed by atoms with van der Waals surface area (Å²) in [5.41, 5.74) is 0.499. The molecule has 2 aromatic carbocycles. The van der Waals surface area contributed by atoms with Crippen LogP contribution in [0.4, 0.5) is 11.4 Å². The third kappa shape index (κ3) is 3.49. The summed E-state index contributed by atoms with van der Waals surface area (Å²) in [6.07, 6.45) is 0. The molecule has 0 fully saturated rings. The lowest BCUT2D eigenvalue weighted by Crippen LogP contribution is -2.26. The number of hydrogen-bond donors (Lipinski definition) is 2. The molecule has 1 aliphatic rings. The first-order chi connectivity index (χ1) is 12.3. The highest BCUT2D eigenvalue weighted by Crippen LogP contribution is 2.37. The first kappa shape index (κ1) is 18.2. The Balaban J connectivity index is 2.00. The van der Waals surface area contributed by atoms with E-state index in [2.05, 4.69) is 10.0 Å². The second-order valence-corrected chi connectivity index (χ2v) is 7.35. The smallest absolute Gasteiger partial charge is 0.263 e. The van der Waals surface area contributed by atoms with Crippen LogP contribution in [0.2, 0.25) is 5.02 Å². The normalized spacial score (nSPS) is 13.3. The van der Waals surface area contributed by atoms with E-state index in [4.69, 9.17) is 25.8 Å². The highest BCUT2D eigenvalue weighted by Gasteiger charge is 2.25. The van der Waals surface area contributed by atoms with Crippen LogP contribution in [-0.2, 0) is 14.8 Å². The lowest BCUT2D eigenvalue weighted by Gasteiger charge is -2.20. The third-order valence-electron chi connectivity index (χ3n) is 3.61. The predicted molar refractivity (Wildman–Crippen MR) is 95.9 cm³/mol. The molecule has 26 heavy (non-hydrogen) atoms. The van der Waals surface area contributed by atoms with E-state index in [0.29, 0.717) is 17.2 Å². The molecule has 0 atom stereocenters. The molecule has 0 bridgehead atoms. The van der Waals surface area contributed by atoms with Gasteiger partial charge in [-0.3, -0.25) is 9.52 Å².